The smallest absolute Gasteiger partial charge is 0.277 e. The minimum atomic E-state index is -0.248. The summed E-state index contributed by atoms with van der Waals surface area (Å²) in [7, 11) is 0. The Labute approximate surface area is 187 Å². The van der Waals surface area contributed by atoms with Crippen LogP contribution in [0.1, 0.15) is 17.0 Å². The molecule has 0 spiro atoms. The summed E-state index contributed by atoms with van der Waals surface area (Å²) < 4.78 is 2.41. The van der Waals surface area contributed by atoms with Gasteiger partial charge in [-0.3, -0.25) is 9.59 Å². The van der Waals surface area contributed by atoms with Gasteiger partial charge in [0, 0.05) is 18.5 Å². The van der Waals surface area contributed by atoms with E-state index < -0.39 is 0 Å². The summed E-state index contributed by atoms with van der Waals surface area (Å²) in [6.45, 7) is 0.165. The van der Waals surface area contributed by atoms with Gasteiger partial charge in [-0.2, -0.15) is 0 Å². The second-order valence-corrected chi connectivity index (χ2v) is 8.50. The number of carbonyl (C=O) groups is 1. The van der Waals surface area contributed by atoms with Crippen molar-refractivity contribution in [2.45, 2.75) is 19.4 Å². The van der Waals surface area contributed by atoms with Crippen LogP contribution in [0.15, 0.2) is 77.6 Å². The SMILES string of the molecule is O=C(CCn1nnc2ccccc2c1=O)Nc1ccc(Cc2nc3ccccc3s2)cc1. The summed E-state index contributed by atoms with van der Waals surface area (Å²) in [6, 6.07) is 22.9. The van der Waals surface area contributed by atoms with Crippen molar-refractivity contribution in [2.75, 3.05) is 5.32 Å². The first-order valence-electron chi connectivity index (χ1n) is 10.2. The third kappa shape index (κ3) is 4.26. The van der Waals surface area contributed by atoms with E-state index in [9.17, 15) is 9.59 Å². The van der Waals surface area contributed by atoms with E-state index in [1.807, 2.05) is 42.5 Å². The summed E-state index contributed by atoms with van der Waals surface area (Å²) in [5, 5.41) is 12.4. The standard InChI is InChI=1S/C24H19N5O2S/c30-22(13-14-29-24(31)18-5-1-2-6-19(18)27-28-29)25-17-11-9-16(10-12-17)15-23-26-20-7-3-4-8-21(20)32-23/h1-12H,13-15H2,(H,25,30). The molecular weight excluding hydrogens is 422 g/mol. The second-order valence-electron chi connectivity index (χ2n) is 7.38. The maximum absolute atomic E-state index is 12.5. The molecule has 0 saturated heterocycles. The van der Waals surface area contributed by atoms with Crippen LogP contribution in [0, 0.1) is 0 Å². The maximum atomic E-state index is 12.5. The molecular formula is C24H19N5O2S. The highest BCUT2D eigenvalue weighted by atomic mass is 32.1. The van der Waals surface area contributed by atoms with Gasteiger partial charge in [-0.15, -0.1) is 16.4 Å². The molecule has 0 saturated carbocycles. The van der Waals surface area contributed by atoms with E-state index in [4.69, 9.17) is 0 Å². The zero-order chi connectivity index (χ0) is 21.9. The lowest BCUT2D eigenvalue weighted by Gasteiger charge is -2.07. The van der Waals surface area contributed by atoms with E-state index in [0.717, 1.165) is 22.5 Å². The Hall–Kier alpha value is -3.91. The van der Waals surface area contributed by atoms with Crippen molar-refractivity contribution in [1.29, 1.82) is 0 Å². The molecule has 0 aliphatic carbocycles. The Bertz CT molecular complexity index is 1440. The summed E-state index contributed by atoms with van der Waals surface area (Å²) >= 11 is 1.69. The average molecular weight is 442 g/mol. The molecule has 1 amide bonds. The van der Waals surface area contributed by atoms with Crippen LogP contribution < -0.4 is 10.9 Å². The monoisotopic (exact) mass is 441 g/mol. The third-order valence-corrected chi connectivity index (χ3v) is 6.15. The van der Waals surface area contributed by atoms with Crippen molar-refractivity contribution in [3.8, 4) is 0 Å². The molecule has 7 nitrogen and oxygen atoms in total. The van der Waals surface area contributed by atoms with Gasteiger partial charge in [0.15, 0.2) is 0 Å². The van der Waals surface area contributed by atoms with Gasteiger partial charge in [0.1, 0.15) is 5.52 Å². The molecule has 2 aromatic heterocycles. The van der Waals surface area contributed by atoms with Crippen LogP contribution in [0.4, 0.5) is 5.69 Å². The van der Waals surface area contributed by atoms with Crippen molar-refractivity contribution in [2.24, 2.45) is 0 Å². The second kappa shape index (κ2) is 8.68. The molecule has 158 valence electrons. The van der Waals surface area contributed by atoms with Crippen LogP contribution in [0.5, 0.6) is 0 Å². The van der Waals surface area contributed by atoms with Crippen molar-refractivity contribution in [1.82, 2.24) is 20.0 Å². The lowest BCUT2D eigenvalue weighted by Crippen LogP contribution is -2.26. The maximum Gasteiger partial charge on any atom is 0.277 e. The first kappa shape index (κ1) is 20.0. The minimum absolute atomic E-state index is 0.125. The molecule has 0 aliphatic heterocycles. The van der Waals surface area contributed by atoms with Crippen LogP contribution in [-0.2, 0) is 17.8 Å². The number of para-hydroxylation sites is 1. The first-order chi connectivity index (χ1) is 15.7. The highest BCUT2D eigenvalue weighted by Crippen LogP contribution is 2.24. The number of aromatic nitrogens is 4. The van der Waals surface area contributed by atoms with Crippen LogP contribution in [0.3, 0.4) is 0 Å². The summed E-state index contributed by atoms with van der Waals surface area (Å²) in [5.41, 5.74) is 3.15. The van der Waals surface area contributed by atoms with Crippen LogP contribution in [0.2, 0.25) is 0 Å². The number of nitrogens with zero attached hydrogens (tertiary/aromatic N) is 4. The Morgan fingerprint density at radius 1 is 0.938 bits per heavy atom. The van der Waals surface area contributed by atoms with Crippen LogP contribution in [-0.4, -0.2) is 25.9 Å². The quantitative estimate of drug-likeness (QED) is 0.430. The van der Waals surface area contributed by atoms with E-state index in [1.165, 1.54) is 9.38 Å². The van der Waals surface area contributed by atoms with Crippen LogP contribution in [0.25, 0.3) is 21.1 Å². The molecule has 2 heterocycles. The number of rotatable bonds is 6. The minimum Gasteiger partial charge on any atom is -0.326 e. The lowest BCUT2D eigenvalue weighted by molar-refractivity contribution is -0.116. The molecule has 5 aromatic rings. The normalized spacial score (nSPS) is 11.1. The molecule has 3 aromatic carbocycles. The van der Waals surface area contributed by atoms with Gasteiger partial charge in [-0.05, 0) is 42.0 Å². The van der Waals surface area contributed by atoms with Gasteiger partial charge in [0.2, 0.25) is 5.91 Å². The highest BCUT2D eigenvalue weighted by molar-refractivity contribution is 7.18. The van der Waals surface area contributed by atoms with Gasteiger partial charge in [-0.25, -0.2) is 9.67 Å². The fourth-order valence-corrected chi connectivity index (χ4v) is 4.48. The molecule has 1 N–H and O–H groups in total. The van der Waals surface area contributed by atoms with E-state index in [2.05, 4.69) is 26.7 Å². The van der Waals surface area contributed by atoms with E-state index in [0.29, 0.717) is 16.6 Å². The van der Waals surface area contributed by atoms with Crippen LogP contribution >= 0.6 is 11.3 Å². The Kier molecular flexibility index (Phi) is 5.43. The molecule has 0 atom stereocenters. The average Bonchev–Trinajstić information content (AvgIpc) is 3.22. The number of hydrogen-bond donors (Lipinski definition) is 1. The van der Waals surface area contributed by atoms with Crippen molar-refractivity contribution in [3.05, 3.63) is 93.7 Å². The number of aryl methyl sites for hydroxylation is 1. The molecule has 8 heteroatoms. The number of hydrogen-bond acceptors (Lipinski definition) is 6. The number of anilines is 1. The number of amides is 1. The summed E-state index contributed by atoms with van der Waals surface area (Å²) in [5.74, 6) is -0.189. The van der Waals surface area contributed by atoms with Gasteiger partial charge in [0.05, 0.1) is 27.2 Å². The Morgan fingerprint density at radius 3 is 2.50 bits per heavy atom. The van der Waals surface area contributed by atoms with E-state index in [1.54, 1.807) is 35.6 Å². The van der Waals surface area contributed by atoms with Gasteiger partial charge < -0.3 is 5.32 Å². The molecule has 0 radical (unpaired) electrons. The van der Waals surface area contributed by atoms with Crippen molar-refractivity contribution in [3.63, 3.8) is 0 Å². The first-order valence-corrected chi connectivity index (χ1v) is 11.0. The Balaban J connectivity index is 1.19. The number of benzene rings is 3. The highest BCUT2D eigenvalue weighted by Gasteiger charge is 2.09. The topological polar surface area (TPSA) is 89.8 Å². The predicted molar refractivity (Wildman–Crippen MR) is 126 cm³/mol. The molecule has 0 fully saturated rings. The lowest BCUT2D eigenvalue weighted by atomic mass is 10.1. The predicted octanol–water partition coefficient (Wildman–Crippen LogP) is 4.02. The summed E-state index contributed by atoms with van der Waals surface area (Å²) in [4.78, 5) is 29.5. The number of fused-ring (bicyclic) bond motifs is 2. The van der Waals surface area contributed by atoms with E-state index >= 15 is 0 Å². The zero-order valence-electron chi connectivity index (χ0n) is 17.1. The largest absolute Gasteiger partial charge is 0.326 e. The van der Waals surface area contributed by atoms with Gasteiger partial charge in [-0.1, -0.05) is 41.6 Å². The third-order valence-electron chi connectivity index (χ3n) is 5.11. The number of carbonyl (C=O) groups excluding carboxylic acids is 1. The zero-order valence-corrected chi connectivity index (χ0v) is 17.9. The number of nitrogens with one attached hydrogen (secondary N) is 1. The summed E-state index contributed by atoms with van der Waals surface area (Å²) in [6.07, 6.45) is 0.873. The van der Waals surface area contributed by atoms with Gasteiger partial charge >= 0.3 is 0 Å². The molecule has 5 rings (SSSR count). The fraction of sp³-hybridized carbons (Fsp3) is 0.125. The molecule has 0 bridgehead atoms. The number of thiazole rings is 1. The molecule has 32 heavy (non-hydrogen) atoms. The molecule has 0 aliphatic rings. The fourth-order valence-electron chi connectivity index (χ4n) is 3.48. The molecule has 0 unspecified atom stereocenters. The van der Waals surface area contributed by atoms with Crippen molar-refractivity contribution < 1.29 is 4.79 Å². The Morgan fingerprint density at radius 2 is 1.69 bits per heavy atom. The van der Waals surface area contributed by atoms with E-state index in [-0.39, 0.29) is 24.4 Å². The van der Waals surface area contributed by atoms with Crippen molar-refractivity contribution >= 4 is 44.1 Å². The van der Waals surface area contributed by atoms with Gasteiger partial charge in [0.25, 0.3) is 5.56 Å².